The fourth-order valence-corrected chi connectivity index (χ4v) is 2.92. The molecule has 116 valence electrons. The molecule has 0 aliphatic heterocycles. The Labute approximate surface area is 136 Å². The standard InChI is InChI=1S/C16H13N3O3S/c20-14(21)9-13-15(11-5-2-1-3-6-11)18-16(23-13)19-17-10-12-7-4-8-22-12/h1-8,10H,9H2,(H,18,19)(H,20,21)/b17-10+. The highest BCUT2D eigenvalue weighted by Crippen LogP contribution is 2.31. The van der Waals surface area contributed by atoms with Gasteiger partial charge in [0.2, 0.25) is 5.13 Å². The lowest BCUT2D eigenvalue weighted by Crippen LogP contribution is -1.99. The molecule has 2 N–H and O–H groups in total. The zero-order valence-corrected chi connectivity index (χ0v) is 12.8. The minimum absolute atomic E-state index is 0.0779. The molecule has 1 aromatic carbocycles. The van der Waals surface area contributed by atoms with Crippen molar-refractivity contribution in [2.24, 2.45) is 5.10 Å². The summed E-state index contributed by atoms with van der Waals surface area (Å²) in [7, 11) is 0. The second kappa shape index (κ2) is 6.89. The van der Waals surface area contributed by atoms with Crippen molar-refractivity contribution in [3.05, 3.63) is 59.4 Å². The molecule has 0 saturated heterocycles. The van der Waals surface area contributed by atoms with Crippen LogP contribution in [0.1, 0.15) is 10.6 Å². The molecule has 0 aliphatic carbocycles. The van der Waals surface area contributed by atoms with Gasteiger partial charge in [-0.1, -0.05) is 41.7 Å². The molecule has 2 heterocycles. The van der Waals surface area contributed by atoms with Crippen molar-refractivity contribution in [1.82, 2.24) is 4.98 Å². The molecule has 0 fully saturated rings. The molecule has 23 heavy (non-hydrogen) atoms. The lowest BCUT2D eigenvalue weighted by Gasteiger charge is -1.99. The van der Waals surface area contributed by atoms with Crippen LogP contribution in [0.5, 0.6) is 0 Å². The molecule has 2 aromatic heterocycles. The number of aromatic nitrogens is 1. The van der Waals surface area contributed by atoms with E-state index in [0.29, 0.717) is 21.5 Å². The third-order valence-corrected chi connectivity index (χ3v) is 3.91. The summed E-state index contributed by atoms with van der Waals surface area (Å²) in [6.07, 6.45) is 3.01. The molecular formula is C16H13N3O3S. The van der Waals surface area contributed by atoms with Crippen molar-refractivity contribution < 1.29 is 14.3 Å². The molecule has 0 aliphatic rings. The van der Waals surface area contributed by atoms with Gasteiger partial charge in [0, 0.05) is 10.4 Å². The fraction of sp³-hybridized carbons (Fsp3) is 0.0625. The monoisotopic (exact) mass is 327 g/mol. The summed E-state index contributed by atoms with van der Waals surface area (Å²) >= 11 is 1.27. The third kappa shape index (κ3) is 3.83. The normalized spacial score (nSPS) is 11.0. The first kappa shape index (κ1) is 15.0. The Hall–Kier alpha value is -2.93. The van der Waals surface area contributed by atoms with Crippen molar-refractivity contribution >= 4 is 28.7 Å². The van der Waals surface area contributed by atoms with Crippen LogP contribution in [0, 0.1) is 0 Å². The Morgan fingerprint density at radius 2 is 2.13 bits per heavy atom. The highest BCUT2D eigenvalue weighted by molar-refractivity contribution is 7.16. The van der Waals surface area contributed by atoms with E-state index in [1.165, 1.54) is 17.6 Å². The highest BCUT2D eigenvalue weighted by Gasteiger charge is 2.15. The first-order valence-electron chi connectivity index (χ1n) is 6.82. The van der Waals surface area contributed by atoms with Crippen molar-refractivity contribution in [2.45, 2.75) is 6.42 Å². The molecule has 0 amide bonds. The van der Waals surface area contributed by atoms with Crippen LogP contribution in [0.15, 0.2) is 58.2 Å². The predicted molar refractivity (Wildman–Crippen MR) is 88.8 cm³/mol. The zero-order chi connectivity index (χ0) is 16.1. The van der Waals surface area contributed by atoms with Crippen molar-refractivity contribution in [2.75, 3.05) is 5.43 Å². The number of rotatable bonds is 6. The molecule has 3 aromatic rings. The van der Waals surface area contributed by atoms with Gasteiger partial charge in [0.25, 0.3) is 0 Å². The van der Waals surface area contributed by atoms with Crippen LogP contribution < -0.4 is 5.43 Å². The van der Waals surface area contributed by atoms with E-state index in [1.54, 1.807) is 18.4 Å². The molecule has 0 bridgehead atoms. The van der Waals surface area contributed by atoms with Crippen LogP contribution in [0.2, 0.25) is 0 Å². The number of anilines is 1. The molecule has 0 atom stereocenters. The number of hydrogen-bond acceptors (Lipinski definition) is 6. The Balaban J connectivity index is 1.84. The lowest BCUT2D eigenvalue weighted by molar-refractivity contribution is -0.136. The number of aliphatic carboxylic acids is 1. The topological polar surface area (TPSA) is 87.7 Å². The largest absolute Gasteiger partial charge is 0.481 e. The second-order valence-corrected chi connectivity index (χ2v) is 5.70. The average Bonchev–Trinajstić information content (AvgIpc) is 3.18. The SMILES string of the molecule is O=C(O)Cc1sc(N/N=C/c2ccco2)nc1-c1ccccc1. The summed E-state index contributed by atoms with van der Waals surface area (Å²) in [6, 6.07) is 13.0. The number of thiazole rings is 1. The van der Waals surface area contributed by atoms with E-state index in [-0.39, 0.29) is 6.42 Å². The number of carboxylic acids is 1. The lowest BCUT2D eigenvalue weighted by atomic mass is 10.1. The average molecular weight is 327 g/mol. The maximum Gasteiger partial charge on any atom is 0.308 e. The highest BCUT2D eigenvalue weighted by atomic mass is 32.1. The zero-order valence-electron chi connectivity index (χ0n) is 12.0. The second-order valence-electron chi connectivity index (χ2n) is 4.61. The Bertz CT molecular complexity index is 810. The van der Waals surface area contributed by atoms with E-state index >= 15 is 0 Å². The smallest absolute Gasteiger partial charge is 0.308 e. The summed E-state index contributed by atoms with van der Waals surface area (Å²) < 4.78 is 5.14. The first-order chi connectivity index (χ1) is 11.2. The van der Waals surface area contributed by atoms with E-state index in [0.717, 1.165) is 5.56 Å². The van der Waals surface area contributed by atoms with Crippen molar-refractivity contribution in [3.8, 4) is 11.3 Å². The fourth-order valence-electron chi connectivity index (χ4n) is 1.99. The van der Waals surface area contributed by atoms with Gasteiger partial charge in [-0.25, -0.2) is 4.98 Å². The van der Waals surface area contributed by atoms with Crippen molar-refractivity contribution in [3.63, 3.8) is 0 Å². The molecule has 0 radical (unpaired) electrons. The molecule has 0 spiro atoms. The van der Waals surface area contributed by atoms with Crippen LogP contribution in [0.3, 0.4) is 0 Å². The predicted octanol–water partition coefficient (Wildman–Crippen LogP) is 3.48. The van der Waals surface area contributed by atoms with Crippen LogP contribution in [0.4, 0.5) is 5.13 Å². The molecular weight excluding hydrogens is 314 g/mol. The summed E-state index contributed by atoms with van der Waals surface area (Å²) in [5, 5.41) is 13.6. The maximum atomic E-state index is 11.0. The summed E-state index contributed by atoms with van der Waals surface area (Å²) in [4.78, 5) is 16.2. The van der Waals surface area contributed by atoms with Crippen LogP contribution in [0.25, 0.3) is 11.3 Å². The Morgan fingerprint density at radius 1 is 1.30 bits per heavy atom. The van der Waals surface area contributed by atoms with E-state index in [4.69, 9.17) is 9.52 Å². The Morgan fingerprint density at radius 3 is 2.83 bits per heavy atom. The molecule has 6 nitrogen and oxygen atoms in total. The number of carbonyl (C=O) groups is 1. The van der Waals surface area contributed by atoms with Gasteiger partial charge >= 0.3 is 5.97 Å². The molecule has 0 unspecified atom stereocenters. The molecule has 0 saturated carbocycles. The van der Waals surface area contributed by atoms with Crippen LogP contribution in [-0.2, 0) is 11.2 Å². The number of nitrogens with zero attached hydrogens (tertiary/aromatic N) is 2. The van der Waals surface area contributed by atoms with Gasteiger partial charge in [-0.2, -0.15) is 5.10 Å². The number of hydrazone groups is 1. The van der Waals surface area contributed by atoms with E-state index in [2.05, 4.69) is 15.5 Å². The molecule has 3 rings (SSSR count). The van der Waals surface area contributed by atoms with Gasteiger partial charge in [0.15, 0.2) is 0 Å². The van der Waals surface area contributed by atoms with E-state index in [9.17, 15) is 4.79 Å². The van der Waals surface area contributed by atoms with Gasteiger partial charge in [0.1, 0.15) is 5.76 Å². The van der Waals surface area contributed by atoms with Gasteiger partial charge in [-0.15, -0.1) is 0 Å². The third-order valence-electron chi connectivity index (χ3n) is 2.95. The number of nitrogens with one attached hydrogen (secondary N) is 1. The van der Waals surface area contributed by atoms with Gasteiger partial charge in [0.05, 0.1) is 24.6 Å². The van der Waals surface area contributed by atoms with Crippen molar-refractivity contribution in [1.29, 1.82) is 0 Å². The minimum atomic E-state index is -0.892. The minimum Gasteiger partial charge on any atom is -0.481 e. The number of furan rings is 1. The van der Waals surface area contributed by atoms with Crippen LogP contribution >= 0.6 is 11.3 Å². The summed E-state index contributed by atoms with van der Waals surface area (Å²) in [5.74, 6) is -0.278. The summed E-state index contributed by atoms with van der Waals surface area (Å²) in [5.41, 5.74) is 4.35. The maximum absolute atomic E-state index is 11.0. The van der Waals surface area contributed by atoms with E-state index < -0.39 is 5.97 Å². The summed E-state index contributed by atoms with van der Waals surface area (Å²) in [6.45, 7) is 0. The quantitative estimate of drug-likeness (QED) is 0.534. The first-order valence-corrected chi connectivity index (χ1v) is 7.63. The number of hydrogen-bond donors (Lipinski definition) is 2. The molecule has 7 heteroatoms. The van der Waals surface area contributed by atoms with Gasteiger partial charge < -0.3 is 9.52 Å². The van der Waals surface area contributed by atoms with Gasteiger partial charge in [-0.3, -0.25) is 10.2 Å². The van der Waals surface area contributed by atoms with E-state index in [1.807, 2.05) is 30.3 Å². The van der Waals surface area contributed by atoms with Crippen LogP contribution in [-0.4, -0.2) is 22.3 Å². The van der Waals surface area contributed by atoms with Gasteiger partial charge in [-0.05, 0) is 12.1 Å². The Kier molecular flexibility index (Phi) is 4.49. The number of benzene rings is 1. The number of carboxylic acid groups (broad SMARTS) is 1.